The number of esters is 2. The molecule has 4 rings (SSSR count). The fraction of sp³-hybridized carbons (Fsp3) is 0.538. The van der Waals surface area contributed by atoms with Crippen molar-refractivity contribution in [1.82, 2.24) is 0 Å². The average Bonchev–Trinajstić information content (AvgIpc) is 2.86. The SMILES string of the molecule is C/C=C/C=C/C(O)=C1/C(=O)[C@@]2(C)C(=O)[C@](C)(O)[C@H]1C[C@]2(O[C@@H]1C=C(C(=O)OC)C[C@H](O)[C@H]1O)C(=O)OC. The third-order valence-electron chi connectivity index (χ3n) is 7.60. The molecule has 11 heteroatoms. The highest BCUT2D eigenvalue weighted by Crippen LogP contribution is 2.60. The van der Waals surface area contributed by atoms with Crippen LogP contribution in [0, 0.1) is 11.3 Å². The second-order valence-corrected chi connectivity index (χ2v) is 9.72. The van der Waals surface area contributed by atoms with Gasteiger partial charge in [0.25, 0.3) is 0 Å². The third kappa shape index (κ3) is 4.15. The van der Waals surface area contributed by atoms with Gasteiger partial charge in [0, 0.05) is 23.5 Å². The van der Waals surface area contributed by atoms with Crippen LogP contribution in [0.15, 0.2) is 47.3 Å². The molecule has 37 heavy (non-hydrogen) atoms. The first-order valence-electron chi connectivity index (χ1n) is 11.7. The number of carbonyl (C=O) groups excluding carboxylic acids is 4. The molecule has 0 amide bonds. The van der Waals surface area contributed by atoms with Gasteiger partial charge in [-0.05, 0) is 39.3 Å². The van der Waals surface area contributed by atoms with E-state index in [4.69, 9.17) is 9.47 Å². The molecular weight excluding hydrogens is 488 g/mol. The standard InChI is InChI=1S/C26H32O11/c1-6-7-8-9-15(27)18-14-12-26(23(33)36-5,24(2,20(18)30)22(32)25(14,3)34)37-17-11-13(21(31)35-4)10-16(28)19(17)29/h6-9,11,14,16-17,19,27-29,34H,10,12H2,1-5H3/b7-6+,9-8+,18-15-/t14-,16-,17+,19+,24-,25+,26-/m0/s1. The molecule has 0 aromatic heterocycles. The molecule has 3 saturated carbocycles. The highest BCUT2D eigenvalue weighted by molar-refractivity contribution is 6.24. The molecule has 11 nitrogen and oxygen atoms in total. The first kappa shape index (κ1) is 28.5. The van der Waals surface area contributed by atoms with E-state index in [1.807, 2.05) is 0 Å². The summed E-state index contributed by atoms with van der Waals surface area (Å²) in [5.41, 5.74) is -7.25. The maximum atomic E-state index is 13.8. The zero-order valence-electron chi connectivity index (χ0n) is 21.3. The summed E-state index contributed by atoms with van der Waals surface area (Å²) in [5.74, 6) is -5.83. The van der Waals surface area contributed by atoms with Crippen molar-refractivity contribution in [3.63, 3.8) is 0 Å². The van der Waals surface area contributed by atoms with Crippen molar-refractivity contribution in [3.8, 4) is 0 Å². The molecule has 0 radical (unpaired) electrons. The number of carbonyl (C=O) groups is 4. The maximum Gasteiger partial charge on any atom is 0.339 e. The lowest BCUT2D eigenvalue weighted by Gasteiger charge is -2.59. The van der Waals surface area contributed by atoms with Crippen LogP contribution in [0.1, 0.15) is 33.6 Å². The van der Waals surface area contributed by atoms with Crippen molar-refractivity contribution < 1.29 is 53.8 Å². The van der Waals surface area contributed by atoms with Crippen LogP contribution in [-0.4, -0.2) is 87.7 Å². The van der Waals surface area contributed by atoms with Gasteiger partial charge in [0.15, 0.2) is 17.2 Å². The summed E-state index contributed by atoms with van der Waals surface area (Å²) in [7, 11) is 2.14. The molecule has 3 fully saturated rings. The molecule has 0 aromatic rings. The van der Waals surface area contributed by atoms with Crippen LogP contribution in [-0.2, 0) is 33.4 Å². The number of hydrogen-bond donors (Lipinski definition) is 4. The predicted molar refractivity (Wildman–Crippen MR) is 127 cm³/mol. The monoisotopic (exact) mass is 520 g/mol. The van der Waals surface area contributed by atoms with Gasteiger partial charge in [0.05, 0.1) is 20.3 Å². The summed E-state index contributed by atoms with van der Waals surface area (Å²) in [6, 6.07) is 0. The number of Topliss-reactive ketones (excluding diaryl/α,β-unsaturated/α-hetero) is 2. The van der Waals surface area contributed by atoms with Crippen LogP contribution < -0.4 is 0 Å². The predicted octanol–water partition coefficient (Wildman–Crippen LogP) is 0.382. The number of aliphatic hydroxyl groups is 4. The van der Waals surface area contributed by atoms with Crippen LogP contribution in [0.5, 0.6) is 0 Å². The number of rotatable bonds is 6. The van der Waals surface area contributed by atoms with Gasteiger partial charge < -0.3 is 34.6 Å². The van der Waals surface area contributed by atoms with Crippen LogP contribution in [0.3, 0.4) is 0 Å². The van der Waals surface area contributed by atoms with Gasteiger partial charge in [-0.25, -0.2) is 9.59 Å². The van der Waals surface area contributed by atoms with Crippen molar-refractivity contribution in [2.24, 2.45) is 11.3 Å². The highest BCUT2D eigenvalue weighted by Gasteiger charge is 2.78. The summed E-state index contributed by atoms with van der Waals surface area (Å²) in [4.78, 5) is 52.9. The molecule has 202 valence electrons. The number of methoxy groups -OCH3 is 2. The Bertz CT molecular complexity index is 1130. The van der Waals surface area contributed by atoms with Gasteiger partial charge in [-0.1, -0.05) is 18.2 Å². The lowest BCUT2D eigenvalue weighted by molar-refractivity contribution is -0.239. The van der Waals surface area contributed by atoms with Gasteiger partial charge in [0.2, 0.25) is 0 Å². The smallest absolute Gasteiger partial charge is 0.339 e. The van der Waals surface area contributed by atoms with E-state index in [1.54, 1.807) is 19.1 Å². The zero-order valence-corrected chi connectivity index (χ0v) is 21.3. The molecule has 4 aliphatic carbocycles. The lowest BCUT2D eigenvalue weighted by atomic mass is 9.45. The number of allylic oxidation sites excluding steroid dienone is 4. The zero-order chi connectivity index (χ0) is 27.9. The first-order chi connectivity index (χ1) is 17.2. The van der Waals surface area contributed by atoms with Gasteiger partial charge in [-0.15, -0.1) is 0 Å². The Balaban J connectivity index is 2.23. The van der Waals surface area contributed by atoms with Crippen molar-refractivity contribution in [2.75, 3.05) is 14.2 Å². The molecule has 7 atom stereocenters. The lowest BCUT2D eigenvalue weighted by Crippen LogP contribution is -2.77. The summed E-state index contributed by atoms with van der Waals surface area (Å²) >= 11 is 0. The second kappa shape index (κ2) is 9.97. The Morgan fingerprint density at radius 2 is 1.76 bits per heavy atom. The van der Waals surface area contributed by atoms with Crippen molar-refractivity contribution in [1.29, 1.82) is 0 Å². The van der Waals surface area contributed by atoms with E-state index >= 15 is 0 Å². The Morgan fingerprint density at radius 1 is 1.11 bits per heavy atom. The van der Waals surface area contributed by atoms with Gasteiger partial charge >= 0.3 is 11.9 Å². The molecule has 0 unspecified atom stereocenters. The second-order valence-electron chi connectivity index (χ2n) is 9.72. The quantitative estimate of drug-likeness (QED) is 0.125. The van der Waals surface area contributed by atoms with Crippen LogP contribution in [0.4, 0.5) is 0 Å². The van der Waals surface area contributed by atoms with E-state index in [0.717, 1.165) is 27.2 Å². The van der Waals surface area contributed by atoms with E-state index in [0.29, 0.717) is 0 Å². The van der Waals surface area contributed by atoms with E-state index in [1.165, 1.54) is 19.1 Å². The number of hydrogen-bond acceptors (Lipinski definition) is 11. The summed E-state index contributed by atoms with van der Waals surface area (Å²) in [6.45, 7) is 4.03. The Kier molecular flexibility index (Phi) is 7.67. The maximum absolute atomic E-state index is 13.8. The minimum atomic E-state index is -2.41. The molecule has 0 saturated heterocycles. The molecule has 4 N–H and O–H groups in total. The number of ketones is 2. The number of fused-ring (bicyclic) bond motifs is 3. The van der Waals surface area contributed by atoms with Crippen LogP contribution >= 0.6 is 0 Å². The minimum absolute atomic E-state index is 0.0477. The van der Waals surface area contributed by atoms with E-state index < -0.39 is 76.5 Å². The summed E-state index contributed by atoms with van der Waals surface area (Å²) in [5, 5.41) is 42.9. The highest BCUT2D eigenvalue weighted by atomic mass is 16.6. The topological polar surface area (TPSA) is 177 Å². The van der Waals surface area contributed by atoms with Crippen LogP contribution in [0.2, 0.25) is 0 Å². The van der Waals surface area contributed by atoms with Gasteiger partial charge in [-0.3, -0.25) is 9.59 Å². The van der Waals surface area contributed by atoms with Crippen LogP contribution in [0.25, 0.3) is 0 Å². The normalized spacial score (nSPS) is 39.2. The summed E-state index contributed by atoms with van der Waals surface area (Å²) < 4.78 is 15.6. The molecule has 4 aliphatic rings. The van der Waals surface area contributed by atoms with E-state index in [2.05, 4.69) is 4.74 Å². The largest absolute Gasteiger partial charge is 0.508 e. The molecule has 0 spiro atoms. The van der Waals surface area contributed by atoms with E-state index in [-0.39, 0.29) is 17.6 Å². The fourth-order valence-electron chi connectivity index (χ4n) is 5.49. The average molecular weight is 521 g/mol. The summed E-state index contributed by atoms with van der Waals surface area (Å²) in [6.07, 6.45) is 1.70. The van der Waals surface area contributed by atoms with Crippen molar-refractivity contribution >= 4 is 23.5 Å². The molecule has 0 heterocycles. The molecule has 0 aliphatic heterocycles. The fourth-order valence-corrected chi connectivity index (χ4v) is 5.49. The van der Waals surface area contributed by atoms with Crippen molar-refractivity contribution in [3.05, 3.63) is 47.3 Å². The molecule has 0 aromatic carbocycles. The minimum Gasteiger partial charge on any atom is -0.508 e. The Hall–Kier alpha value is -3.12. The first-order valence-corrected chi connectivity index (χ1v) is 11.7. The molecule has 2 bridgehead atoms. The number of ether oxygens (including phenoxy) is 3. The Labute approximate surface area is 213 Å². The van der Waals surface area contributed by atoms with Gasteiger partial charge in [0.1, 0.15) is 29.0 Å². The van der Waals surface area contributed by atoms with E-state index in [9.17, 15) is 39.6 Å². The van der Waals surface area contributed by atoms with Crippen molar-refractivity contribution in [2.45, 2.75) is 63.1 Å². The Morgan fingerprint density at radius 3 is 2.32 bits per heavy atom. The molecular formula is C26H32O11. The third-order valence-corrected chi connectivity index (χ3v) is 7.60. The van der Waals surface area contributed by atoms with Gasteiger partial charge in [-0.2, -0.15) is 0 Å². The number of aliphatic hydroxyl groups excluding tert-OH is 3.